The molecular weight excluding hydrogens is 518 g/mol. The summed E-state index contributed by atoms with van der Waals surface area (Å²) in [7, 11) is 0. The van der Waals surface area contributed by atoms with E-state index in [-0.39, 0.29) is 24.2 Å². The molecule has 6 atom stereocenters. The highest BCUT2D eigenvalue weighted by Gasteiger charge is 2.77. The fourth-order valence-corrected chi connectivity index (χ4v) is 5.42. The van der Waals surface area contributed by atoms with Crippen LogP contribution in [0, 0.1) is 0 Å². The third-order valence-electron chi connectivity index (χ3n) is 6.94. The van der Waals surface area contributed by atoms with E-state index in [2.05, 4.69) is 9.98 Å². The van der Waals surface area contributed by atoms with Gasteiger partial charge in [0.1, 0.15) is 17.7 Å². The van der Waals surface area contributed by atoms with Gasteiger partial charge < -0.3 is 31.3 Å². The SMILES string of the molecule is CC1C(OC(=O)c2cc(C(F)(F)F)ccc2C(F)(F)F)C(C)(O)C23C(N=C(N)N2O)C(CO)N=C(N)N13. The first kappa shape index (κ1) is 26.7. The molecule has 0 aromatic heterocycles. The number of halogens is 6. The number of hydroxylamine groups is 2. The third kappa shape index (κ3) is 3.58. The monoisotopic (exact) mass is 540 g/mol. The maximum absolute atomic E-state index is 13.6. The summed E-state index contributed by atoms with van der Waals surface area (Å²) in [5.41, 5.74) is 2.54. The Kier molecular flexibility index (Phi) is 5.85. The minimum absolute atomic E-state index is 0.000538. The molecule has 0 amide bonds. The van der Waals surface area contributed by atoms with Crippen molar-refractivity contribution in [1.29, 1.82) is 0 Å². The molecule has 6 unspecified atom stereocenters. The number of alkyl halides is 6. The molecule has 1 saturated heterocycles. The number of carbonyl (C=O) groups excluding carboxylic acids is 1. The maximum Gasteiger partial charge on any atom is 0.417 e. The molecule has 11 nitrogen and oxygen atoms in total. The van der Waals surface area contributed by atoms with Gasteiger partial charge in [0, 0.05) is 0 Å². The van der Waals surface area contributed by atoms with E-state index in [0.29, 0.717) is 5.06 Å². The van der Waals surface area contributed by atoms with E-state index in [1.54, 1.807) is 0 Å². The number of nitrogens with zero attached hydrogens (tertiary/aromatic N) is 4. The Balaban J connectivity index is 1.81. The van der Waals surface area contributed by atoms with E-state index < -0.39 is 83.1 Å². The van der Waals surface area contributed by atoms with Crippen LogP contribution in [0.15, 0.2) is 28.2 Å². The van der Waals surface area contributed by atoms with Gasteiger partial charge >= 0.3 is 18.3 Å². The Morgan fingerprint density at radius 2 is 1.76 bits per heavy atom. The van der Waals surface area contributed by atoms with Crippen LogP contribution < -0.4 is 11.5 Å². The quantitative estimate of drug-likeness (QED) is 0.270. The van der Waals surface area contributed by atoms with Crippen LogP contribution >= 0.6 is 0 Å². The number of aliphatic hydroxyl groups excluding tert-OH is 1. The van der Waals surface area contributed by atoms with Crippen LogP contribution in [0.3, 0.4) is 0 Å². The number of nitrogens with two attached hydrogens (primary N) is 2. The summed E-state index contributed by atoms with van der Waals surface area (Å²) in [5.74, 6) is -2.72. The molecule has 3 aliphatic rings. The molecule has 1 aromatic rings. The second-order valence-corrected chi connectivity index (χ2v) is 9.05. The van der Waals surface area contributed by atoms with Gasteiger partial charge in [0.25, 0.3) is 0 Å². The van der Waals surface area contributed by atoms with E-state index in [1.165, 1.54) is 6.92 Å². The number of benzene rings is 1. The number of hydrogen-bond acceptors (Lipinski definition) is 11. The van der Waals surface area contributed by atoms with Gasteiger partial charge in [-0.2, -0.15) is 31.4 Å². The lowest BCUT2D eigenvalue weighted by Crippen LogP contribution is -2.77. The standard InChI is InChI=1S/C20H22F6N6O5/c1-7-13(37-14(34)9-5-8(19(21,22)23)3-4-10(9)20(24,25)26)17(2,35)18-12(30-16(28)32(18)36)11(6-33)29-15(27)31(7)18/h3-5,7,11-13,33,35-36H,6H2,1-2H3,(H2,27,29)(H2,28,30). The van der Waals surface area contributed by atoms with E-state index in [9.17, 15) is 46.6 Å². The number of hydrogen-bond donors (Lipinski definition) is 5. The Bertz CT molecular complexity index is 1190. The number of rotatable bonds is 3. The topological polar surface area (TPSA) is 170 Å². The first-order valence-corrected chi connectivity index (χ1v) is 10.7. The van der Waals surface area contributed by atoms with Gasteiger partial charge in [-0.05, 0) is 32.0 Å². The molecule has 37 heavy (non-hydrogen) atoms. The molecule has 1 fully saturated rings. The van der Waals surface area contributed by atoms with Gasteiger partial charge in [-0.1, -0.05) is 0 Å². The first-order chi connectivity index (χ1) is 16.9. The number of aliphatic imine (C=N–C) groups is 2. The zero-order valence-corrected chi connectivity index (χ0v) is 19.1. The molecule has 17 heteroatoms. The Morgan fingerprint density at radius 1 is 1.14 bits per heavy atom. The highest BCUT2D eigenvalue weighted by molar-refractivity contribution is 5.92. The molecule has 0 radical (unpaired) electrons. The van der Waals surface area contributed by atoms with Crippen molar-refractivity contribution in [3.05, 3.63) is 34.9 Å². The number of aliphatic hydroxyl groups is 2. The average molecular weight is 540 g/mol. The van der Waals surface area contributed by atoms with Gasteiger partial charge in [0.2, 0.25) is 11.6 Å². The van der Waals surface area contributed by atoms with Gasteiger partial charge in [0.15, 0.2) is 12.1 Å². The van der Waals surface area contributed by atoms with Gasteiger partial charge in [0.05, 0.1) is 29.3 Å². The van der Waals surface area contributed by atoms with E-state index in [4.69, 9.17) is 16.2 Å². The van der Waals surface area contributed by atoms with Crippen LogP contribution in [0.25, 0.3) is 0 Å². The molecule has 1 aromatic carbocycles. The predicted molar refractivity (Wildman–Crippen MR) is 112 cm³/mol. The molecule has 0 aliphatic carbocycles. The molecule has 0 bridgehead atoms. The lowest BCUT2D eigenvalue weighted by Gasteiger charge is -2.52. The van der Waals surface area contributed by atoms with Gasteiger partial charge in [-0.15, -0.1) is 0 Å². The van der Waals surface area contributed by atoms with E-state index >= 15 is 0 Å². The molecule has 204 valence electrons. The lowest BCUT2D eigenvalue weighted by atomic mass is 9.79. The molecule has 1 spiro atoms. The molecule has 3 aliphatic heterocycles. The van der Waals surface area contributed by atoms with Crippen LogP contribution in [0.2, 0.25) is 0 Å². The van der Waals surface area contributed by atoms with Crippen molar-refractivity contribution >= 4 is 17.9 Å². The van der Waals surface area contributed by atoms with Gasteiger partial charge in [-0.25, -0.2) is 14.8 Å². The van der Waals surface area contributed by atoms with Crippen LogP contribution in [-0.2, 0) is 17.1 Å². The number of guanidine groups is 2. The highest BCUT2D eigenvalue weighted by Crippen LogP contribution is 2.53. The first-order valence-electron chi connectivity index (χ1n) is 10.7. The van der Waals surface area contributed by atoms with Crippen molar-refractivity contribution in [3.63, 3.8) is 0 Å². The van der Waals surface area contributed by atoms with Crippen molar-refractivity contribution in [2.24, 2.45) is 21.5 Å². The lowest BCUT2D eigenvalue weighted by molar-refractivity contribution is -0.229. The molecule has 4 rings (SSSR count). The van der Waals surface area contributed by atoms with Crippen molar-refractivity contribution in [1.82, 2.24) is 9.96 Å². The van der Waals surface area contributed by atoms with Crippen LogP contribution in [0.5, 0.6) is 0 Å². The fourth-order valence-electron chi connectivity index (χ4n) is 5.42. The predicted octanol–water partition coefficient (Wildman–Crippen LogP) is 0.478. The Labute approximate surface area is 204 Å². The van der Waals surface area contributed by atoms with Crippen molar-refractivity contribution < 1.29 is 51.3 Å². The summed E-state index contributed by atoms with van der Waals surface area (Å²) in [6.07, 6.45) is -12.1. The summed E-state index contributed by atoms with van der Waals surface area (Å²) in [6.45, 7) is 1.70. The minimum atomic E-state index is -5.22. The summed E-state index contributed by atoms with van der Waals surface area (Å²) in [4.78, 5) is 22.2. The summed E-state index contributed by atoms with van der Waals surface area (Å²) < 4.78 is 85.5. The zero-order valence-electron chi connectivity index (χ0n) is 19.1. The number of ether oxygens (including phenoxy) is 1. The molecule has 3 heterocycles. The van der Waals surface area contributed by atoms with Crippen molar-refractivity contribution in [2.45, 2.75) is 61.7 Å². The Hall–Kier alpha value is -3.31. The van der Waals surface area contributed by atoms with Crippen molar-refractivity contribution in [3.8, 4) is 0 Å². The second kappa shape index (κ2) is 8.09. The normalized spacial score (nSPS) is 33.6. The van der Waals surface area contributed by atoms with Crippen LogP contribution in [0.4, 0.5) is 26.3 Å². The third-order valence-corrected chi connectivity index (χ3v) is 6.94. The summed E-state index contributed by atoms with van der Waals surface area (Å²) in [5, 5.41) is 32.6. The number of esters is 1. The van der Waals surface area contributed by atoms with Crippen LogP contribution in [-0.4, -0.2) is 85.4 Å². The molecule has 0 saturated carbocycles. The smallest absolute Gasteiger partial charge is 0.417 e. The van der Waals surface area contributed by atoms with Gasteiger partial charge in [-0.3, -0.25) is 5.21 Å². The summed E-state index contributed by atoms with van der Waals surface area (Å²) in [6, 6.07) is -3.38. The Morgan fingerprint density at radius 3 is 2.30 bits per heavy atom. The highest BCUT2D eigenvalue weighted by atomic mass is 19.4. The van der Waals surface area contributed by atoms with E-state index in [0.717, 1.165) is 11.8 Å². The maximum atomic E-state index is 13.6. The average Bonchev–Trinajstić information content (AvgIpc) is 3.15. The van der Waals surface area contributed by atoms with E-state index in [1.807, 2.05) is 0 Å². The van der Waals surface area contributed by atoms with Crippen molar-refractivity contribution in [2.75, 3.05) is 6.61 Å². The largest absolute Gasteiger partial charge is 0.453 e. The summed E-state index contributed by atoms with van der Waals surface area (Å²) >= 11 is 0. The molecular formula is C20H22F6N6O5. The fraction of sp³-hybridized carbons (Fsp3) is 0.550. The number of carbonyl (C=O) groups is 1. The zero-order chi connectivity index (χ0) is 27.9. The minimum Gasteiger partial charge on any atom is -0.453 e. The molecule has 7 N–H and O–H groups in total. The second-order valence-electron chi connectivity index (χ2n) is 9.05. The van der Waals surface area contributed by atoms with Crippen LogP contribution in [0.1, 0.15) is 35.3 Å².